The number of rotatable bonds is 6. The average Bonchev–Trinajstić information content (AvgIpc) is 3.20. The largest absolute Gasteiger partial charge is 0.208 e. The van der Waals surface area contributed by atoms with Gasteiger partial charge in [-0.25, -0.2) is 15.0 Å². The van der Waals surface area contributed by atoms with Gasteiger partial charge in [-0.1, -0.05) is 121 Å². The summed E-state index contributed by atoms with van der Waals surface area (Å²) in [5.74, 6) is 4.68. The smallest absolute Gasteiger partial charge is 0.164 e. The molecule has 1 heterocycles. The molecule has 6 aromatic carbocycles. The normalized spacial score (nSPS) is 21.6. The van der Waals surface area contributed by atoms with E-state index in [1.54, 1.807) is 0 Å². The van der Waals surface area contributed by atoms with Crippen LogP contribution in [0.5, 0.6) is 0 Å². The van der Waals surface area contributed by atoms with Crippen LogP contribution in [0.4, 0.5) is 0 Å². The summed E-state index contributed by atoms with van der Waals surface area (Å²) in [7, 11) is 0. The van der Waals surface area contributed by atoms with Crippen molar-refractivity contribution in [3.05, 3.63) is 151 Å². The zero-order valence-corrected chi connectivity index (χ0v) is 29.0. The molecule has 0 spiro atoms. The van der Waals surface area contributed by atoms with Crippen LogP contribution in [0.1, 0.15) is 49.7 Å². The van der Waals surface area contributed by atoms with Crippen LogP contribution in [0.15, 0.2) is 140 Å². The first-order valence-electron chi connectivity index (χ1n) is 18.7. The molecule has 0 saturated heterocycles. The van der Waals surface area contributed by atoms with Crippen molar-refractivity contribution in [2.24, 2.45) is 17.8 Å². The molecule has 11 rings (SSSR count). The average molecular weight is 671 g/mol. The third kappa shape index (κ3) is 5.40. The maximum atomic E-state index is 9.62. The predicted molar refractivity (Wildman–Crippen MR) is 209 cm³/mol. The Morgan fingerprint density at radius 1 is 0.481 bits per heavy atom. The Kier molecular flexibility index (Phi) is 7.35. The van der Waals surface area contributed by atoms with Crippen LogP contribution in [0, 0.1) is 29.1 Å². The van der Waals surface area contributed by atoms with E-state index >= 15 is 0 Å². The first-order valence-corrected chi connectivity index (χ1v) is 18.7. The van der Waals surface area contributed by atoms with Crippen molar-refractivity contribution in [1.82, 2.24) is 15.0 Å². The van der Waals surface area contributed by atoms with Gasteiger partial charge < -0.3 is 0 Å². The fraction of sp³-hybridized carbons (Fsp3) is 0.208. The van der Waals surface area contributed by atoms with E-state index in [0.29, 0.717) is 28.5 Å². The van der Waals surface area contributed by atoms with Crippen molar-refractivity contribution >= 4 is 10.8 Å². The lowest BCUT2D eigenvalue weighted by Gasteiger charge is -2.57. The summed E-state index contributed by atoms with van der Waals surface area (Å²) in [5.41, 5.74) is 9.80. The van der Waals surface area contributed by atoms with Crippen molar-refractivity contribution in [2.45, 2.75) is 43.9 Å². The van der Waals surface area contributed by atoms with Gasteiger partial charge in [-0.3, -0.25) is 0 Å². The fourth-order valence-corrected chi connectivity index (χ4v) is 10.2. The third-order valence-corrected chi connectivity index (χ3v) is 12.1. The van der Waals surface area contributed by atoms with Gasteiger partial charge in [-0.15, -0.1) is 0 Å². The Bertz CT molecular complexity index is 2480. The molecule has 4 bridgehead atoms. The highest BCUT2D eigenvalue weighted by molar-refractivity contribution is 5.98. The molecule has 4 heteroatoms. The highest BCUT2D eigenvalue weighted by atomic mass is 15.0. The summed E-state index contributed by atoms with van der Waals surface area (Å²) in [6, 6.07) is 51.0. The minimum absolute atomic E-state index is 0.374. The van der Waals surface area contributed by atoms with Gasteiger partial charge in [0.1, 0.15) is 0 Å². The highest BCUT2D eigenvalue weighted by Gasteiger charge is 2.51. The standard InChI is InChI=1S/C48H38N4/c49-30-31-16-17-35-10-7-15-42(44(35)25-31)38-11-6-12-39(26-38)46-50-45(37-8-2-1-3-9-37)51-47(52-46)43-14-5-4-13-41(43)36-18-20-40(21-19-36)48-27-32-22-33(28-48)24-34(23-32)29-48/h1-21,25-26,32-34H,22-24,27-29H2. The maximum absolute atomic E-state index is 9.62. The zero-order chi connectivity index (χ0) is 34.6. The highest BCUT2D eigenvalue weighted by Crippen LogP contribution is 2.60. The molecule has 4 nitrogen and oxygen atoms in total. The Morgan fingerprint density at radius 3 is 1.81 bits per heavy atom. The Balaban J connectivity index is 1.06. The van der Waals surface area contributed by atoms with Crippen LogP contribution < -0.4 is 0 Å². The van der Waals surface area contributed by atoms with Gasteiger partial charge >= 0.3 is 0 Å². The van der Waals surface area contributed by atoms with E-state index in [9.17, 15) is 5.26 Å². The number of nitriles is 1. The monoisotopic (exact) mass is 670 g/mol. The Hall–Kier alpha value is -5.92. The number of hydrogen-bond donors (Lipinski definition) is 0. The molecule has 0 amide bonds. The van der Waals surface area contributed by atoms with E-state index in [0.717, 1.165) is 61.9 Å². The molecule has 52 heavy (non-hydrogen) atoms. The minimum Gasteiger partial charge on any atom is -0.208 e. The Morgan fingerprint density at radius 2 is 1.08 bits per heavy atom. The summed E-state index contributed by atoms with van der Waals surface area (Å²) in [5, 5.41) is 11.8. The summed E-state index contributed by atoms with van der Waals surface area (Å²) < 4.78 is 0. The van der Waals surface area contributed by atoms with E-state index in [2.05, 4.69) is 109 Å². The topological polar surface area (TPSA) is 62.5 Å². The maximum Gasteiger partial charge on any atom is 0.164 e. The van der Waals surface area contributed by atoms with Gasteiger partial charge in [-0.05, 0) is 118 Å². The first kappa shape index (κ1) is 30.9. The van der Waals surface area contributed by atoms with Gasteiger partial charge in [0.2, 0.25) is 0 Å². The molecular formula is C48H38N4. The molecule has 4 saturated carbocycles. The molecule has 4 aliphatic carbocycles. The van der Waals surface area contributed by atoms with Crippen LogP contribution in [0.2, 0.25) is 0 Å². The fourth-order valence-electron chi connectivity index (χ4n) is 10.2. The number of fused-ring (bicyclic) bond motifs is 1. The summed E-state index contributed by atoms with van der Waals surface area (Å²) in [4.78, 5) is 15.4. The number of benzene rings is 6. The van der Waals surface area contributed by atoms with Crippen molar-refractivity contribution < 1.29 is 0 Å². The van der Waals surface area contributed by atoms with E-state index in [1.165, 1.54) is 49.7 Å². The SMILES string of the molecule is N#Cc1ccc2cccc(-c3cccc(-c4nc(-c5ccccc5)nc(-c5ccccc5-c5ccc(C67CC8CC(CC(C8)C6)C7)cc5)n4)c3)c2c1. The number of aromatic nitrogens is 3. The Labute approximate surface area is 304 Å². The van der Waals surface area contributed by atoms with Crippen molar-refractivity contribution in [2.75, 3.05) is 0 Å². The molecule has 0 atom stereocenters. The predicted octanol–water partition coefficient (Wildman–Crippen LogP) is 11.7. The van der Waals surface area contributed by atoms with E-state index in [1.807, 2.05) is 36.4 Å². The molecule has 7 aromatic rings. The molecule has 0 aliphatic heterocycles. The molecule has 1 aromatic heterocycles. The van der Waals surface area contributed by atoms with Gasteiger partial charge in [0.15, 0.2) is 17.5 Å². The lowest BCUT2D eigenvalue weighted by atomic mass is 9.48. The first-order chi connectivity index (χ1) is 25.6. The molecule has 250 valence electrons. The van der Waals surface area contributed by atoms with Gasteiger partial charge in [0, 0.05) is 16.7 Å². The van der Waals surface area contributed by atoms with Crippen LogP contribution >= 0.6 is 0 Å². The van der Waals surface area contributed by atoms with Gasteiger partial charge in [0.25, 0.3) is 0 Å². The second-order valence-electron chi connectivity index (χ2n) is 15.4. The number of hydrogen-bond acceptors (Lipinski definition) is 4. The summed E-state index contributed by atoms with van der Waals surface area (Å²) in [6.07, 6.45) is 8.48. The second-order valence-corrected chi connectivity index (χ2v) is 15.4. The number of nitrogens with zero attached hydrogens (tertiary/aromatic N) is 4. The molecule has 0 N–H and O–H groups in total. The minimum atomic E-state index is 0.374. The molecular weight excluding hydrogens is 633 g/mol. The van der Waals surface area contributed by atoms with Gasteiger partial charge in [0.05, 0.1) is 11.6 Å². The van der Waals surface area contributed by atoms with E-state index in [-0.39, 0.29) is 0 Å². The van der Waals surface area contributed by atoms with Crippen molar-refractivity contribution in [3.63, 3.8) is 0 Å². The van der Waals surface area contributed by atoms with Crippen molar-refractivity contribution in [1.29, 1.82) is 5.26 Å². The zero-order valence-electron chi connectivity index (χ0n) is 29.0. The second kappa shape index (κ2) is 12.4. The van der Waals surface area contributed by atoms with Crippen LogP contribution in [-0.4, -0.2) is 15.0 Å². The lowest BCUT2D eigenvalue weighted by Crippen LogP contribution is -2.48. The van der Waals surface area contributed by atoms with E-state index < -0.39 is 0 Å². The van der Waals surface area contributed by atoms with Crippen molar-refractivity contribution in [3.8, 4) is 62.5 Å². The van der Waals surface area contributed by atoms with Gasteiger partial charge in [-0.2, -0.15) is 5.26 Å². The van der Waals surface area contributed by atoms with E-state index in [4.69, 9.17) is 15.0 Å². The van der Waals surface area contributed by atoms with Crippen LogP contribution in [0.25, 0.3) is 67.2 Å². The third-order valence-electron chi connectivity index (χ3n) is 12.1. The summed E-state index contributed by atoms with van der Waals surface area (Å²) in [6.45, 7) is 0. The molecule has 0 unspecified atom stereocenters. The molecule has 0 radical (unpaired) electrons. The summed E-state index contributed by atoms with van der Waals surface area (Å²) >= 11 is 0. The quantitative estimate of drug-likeness (QED) is 0.177. The van der Waals surface area contributed by atoms with Crippen LogP contribution in [-0.2, 0) is 5.41 Å². The molecule has 4 fully saturated rings. The molecule has 4 aliphatic rings. The van der Waals surface area contributed by atoms with Crippen LogP contribution in [0.3, 0.4) is 0 Å². The lowest BCUT2D eigenvalue weighted by molar-refractivity contribution is -0.00518.